The third-order valence-corrected chi connectivity index (χ3v) is 5.21. The molecule has 1 aromatic heterocycles. The van der Waals surface area contributed by atoms with Gasteiger partial charge in [0.2, 0.25) is 0 Å². The molecule has 0 bridgehead atoms. The highest BCUT2D eigenvalue weighted by Crippen LogP contribution is 2.23. The van der Waals surface area contributed by atoms with Crippen LogP contribution in [-0.2, 0) is 0 Å². The molecular formula is C20H27N3O2. The van der Waals surface area contributed by atoms with Gasteiger partial charge in [0.1, 0.15) is 0 Å². The average Bonchev–Trinajstić information content (AvgIpc) is 2.90. The van der Waals surface area contributed by atoms with Gasteiger partial charge >= 0.3 is 0 Å². The van der Waals surface area contributed by atoms with Crippen LogP contribution in [0.4, 0.5) is 0 Å². The second-order valence-electron chi connectivity index (χ2n) is 7.30. The molecule has 1 aromatic carbocycles. The van der Waals surface area contributed by atoms with E-state index < -0.39 is 0 Å². The van der Waals surface area contributed by atoms with Gasteiger partial charge in [0, 0.05) is 18.5 Å². The van der Waals surface area contributed by atoms with E-state index >= 15 is 0 Å². The third kappa shape index (κ3) is 3.46. The van der Waals surface area contributed by atoms with Gasteiger partial charge in [-0.3, -0.25) is 9.59 Å². The summed E-state index contributed by atoms with van der Waals surface area (Å²) in [5.41, 5.74) is 0.245. The number of nitrogens with zero attached hydrogens (tertiary/aromatic N) is 3. The number of benzene rings is 1. The van der Waals surface area contributed by atoms with Gasteiger partial charge in [-0.25, -0.2) is 4.68 Å². The highest BCUT2D eigenvalue weighted by molar-refractivity contribution is 6.04. The summed E-state index contributed by atoms with van der Waals surface area (Å²) in [4.78, 5) is 27.7. The monoisotopic (exact) mass is 341 g/mol. The van der Waals surface area contributed by atoms with E-state index in [-0.39, 0.29) is 23.6 Å². The summed E-state index contributed by atoms with van der Waals surface area (Å²) in [6.07, 6.45) is 6.92. The van der Waals surface area contributed by atoms with E-state index in [0.29, 0.717) is 16.5 Å². The first kappa shape index (κ1) is 17.6. The van der Waals surface area contributed by atoms with E-state index in [1.807, 2.05) is 44.0 Å². The zero-order valence-electron chi connectivity index (χ0n) is 15.4. The Kier molecular flexibility index (Phi) is 5.21. The predicted octanol–water partition coefficient (Wildman–Crippen LogP) is 3.77. The van der Waals surface area contributed by atoms with Crippen LogP contribution >= 0.6 is 0 Å². The molecule has 25 heavy (non-hydrogen) atoms. The molecule has 1 heterocycles. The van der Waals surface area contributed by atoms with Crippen molar-refractivity contribution in [3.63, 3.8) is 0 Å². The topological polar surface area (TPSA) is 55.2 Å². The lowest BCUT2D eigenvalue weighted by Gasteiger charge is -2.27. The van der Waals surface area contributed by atoms with Crippen molar-refractivity contribution in [2.75, 3.05) is 7.05 Å². The van der Waals surface area contributed by atoms with Gasteiger partial charge in [-0.1, -0.05) is 43.9 Å². The zero-order valence-corrected chi connectivity index (χ0v) is 15.4. The van der Waals surface area contributed by atoms with Crippen LogP contribution < -0.4 is 5.56 Å². The van der Waals surface area contributed by atoms with Crippen molar-refractivity contribution >= 4 is 16.7 Å². The Balaban J connectivity index is 2.06. The van der Waals surface area contributed by atoms with E-state index in [9.17, 15) is 9.59 Å². The average molecular weight is 341 g/mol. The fourth-order valence-corrected chi connectivity index (χ4v) is 3.69. The highest BCUT2D eigenvalue weighted by atomic mass is 16.2. The van der Waals surface area contributed by atoms with Crippen LogP contribution in [0, 0.1) is 0 Å². The molecule has 0 atom stereocenters. The van der Waals surface area contributed by atoms with Crippen LogP contribution in [0.3, 0.4) is 0 Å². The molecule has 1 amide bonds. The summed E-state index contributed by atoms with van der Waals surface area (Å²) in [6, 6.07) is 7.45. The Morgan fingerprint density at radius 2 is 1.72 bits per heavy atom. The minimum Gasteiger partial charge on any atom is -0.337 e. The van der Waals surface area contributed by atoms with Crippen molar-refractivity contribution in [1.82, 2.24) is 14.7 Å². The summed E-state index contributed by atoms with van der Waals surface area (Å²) in [6.45, 7) is 3.82. The molecule has 0 saturated heterocycles. The third-order valence-electron chi connectivity index (χ3n) is 5.21. The van der Waals surface area contributed by atoms with Crippen molar-refractivity contribution in [2.24, 2.45) is 0 Å². The summed E-state index contributed by atoms with van der Waals surface area (Å²) in [7, 11) is 1.87. The number of rotatable bonds is 3. The minimum absolute atomic E-state index is 0.0856. The molecule has 0 radical (unpaired) electrons. The Bertz CT molecular complexity index is 817. The standard InChI is InChI=1S/C20H27N3O2/c1-14(2)23-19(24)17-13-9-8-12-16(17)18(21-23)20(25)22(3)15-10-6-4-5-7-11-15/h8-9,12-15H,4-7,10-11H2,1-3H3. The van der Waals surface area contributed by atoms with Crippen molar-refractivity contribution in [3.05, 3.63) is 40.3 Å². The van der Waals surface area contributed by atoms with E-state index in [4.69, 9.17) is 0 Å². The molecule has 0 N–H and O–H groups in total. The number of carbonyl (C=O) groups is 1. The SMILES string of the molecule is CC(C)n1nc(C(=O)N(C)C2CCCCCC2)c2ccccc2c1=O. The number of fused-ring (bicyclic) bond motifs is 1. The number of hydrogen-bond acceptors (Lipinski definition) is 3. The minimum atomic E-state index is -0.140. The quantitative estimate of drug-likeness (QED) is 0.799. The van der Waals surface area contributed by atoms with Crippen molar-refractivity contribution in [1.29, 1.82) is 0 Å². The zero-order chi connectivity index (χ0) is 18.0. The second-order valence-corrected chi connectivity index (χ2v) is 7.30. The summed E-state index contributed by atoms with van der Waals surface area (Å²) >= 11 is 0. The molecule has 1 aliphatic carbocycles. The maximum atomic E-state index is 13.2. The Morgan fingerprint density at radius 1 is 1.12 bits per heavy atom. The molecule has 134 valence electrons. The molecule has 1 aliphatic rings. The van der Waals surface area contributed by atoms with Gasteiger partial charge in [-0.05, 0) is 32.8 Å². The maximum Gasteiger partial charge on any atom is 0.274 e. The first-order valence-corrected chi connectivity index (χ1v) is 9.29. The summed E-state index contributed by atoms with van der Waals surface area (Å²) in [5, 5.41) is 5.66. The molecule has 1 saturated carbocycles. The van der Waals surface area contributed by atoms with Gasteiger partial charge in [-0.2, -0.15) is 5.10 Å². The lowest BCUT2D eigenvalue weighted by molar-refractivity contribution is 0.0711. The first-order chi connectivity index (χ1) is 12.0. The van der Waals surface area contributed by atoms with Gasteiger partial charge in [0.15, 0.2) is 5.69 Å². The lowest BCUT2D eigenvalue weighted by atomic mass is 10.1. The summed E-state index contributed by atoms with van der Waals surface area (Å²) < 4.78 is 1.43. The van der Waals surface area contributed by atoms with Crippen LogP contribution in [0.15, 0.2) is 29.1 Å². The van der Waals surface area contributed by atoms with E-state index in [1.165, 1.54) is 30.4 Å². The van der Waals surface area contributed by atoms with Gasteiger partial charge in [-0.15, -0.1) is 0 Å². The van der Waals surface area contributed by atoms with Gasteiger partial charge in [0.05, 0.1) is 11.4 Å². The molecule has 5 nitrogen and oxygen atoms in total. The van der Waals surface area contributed by atoms with Crippen molar-refractivity contribution in [3.8, 4) is 0 Å². The van der Waals surface area contributed by atoms with Crippen LogP contribution in [0.25, 0.3) is 10.8 Å². The molecule has 0 unspecified atom stereocenters. The molecule has 1 fully saturated rings. The van der Waals surface area contributed by atoms with Crippen molar-refractivity contribution in [2.45, 2.75) is 64.5 Å². The van der Waals surface area contributed by atoms with Crippen LogP contribution in [-0.4, -0.2) is 33.7 Å². The smallest absolute Gasteiger partial charge is 0.274 e. The van der Waals surface area contributed by atoms with Crippen LogP contribution in [0.2, 0.25) is 0 Å². The normalized spacial score (nSPS) is 16.2. The second kappa shape index (κ2) is 7.38. The lowest BCUT2D eigenvalue weighted by Crippen LogP contribution is -2.39. The molecule has 5 heteroatoms. The number of carbonyl (C=O) groups excluding carboxylic acids is 1. The van der Waals surface area contributed by atoms with Gasteiger partial charge < -0.3 is 4.90 Å². The fraction of sp³-hybridized carbons (Fsp3) is 0.550. The molecule has 3 rings (SSSR count). The van der Waals surface area contributed by atoms with Crippen LogP contribution in [0.5, 0.6) is 0 Å². The molecule has 0 aliphatic heterocycles. The molecular weight excluding hydrogens is 314 g/mol. The van der Waals surface area contributed by atoms with Crippen LogP contribution in [0.1, 0.15) is 68.9 Å². The fourth-order valence-electron chi connectivity index (χ4n) is 3.69. The summed E-state index contributed by atoms with van der Waals surface area (Å²) in [5.74, 6) is -0.0856. The van der Waals surface area contributed by atoms with E-state index in [1.54, 1.807) is 6.07 Å². The number of amides is 1. The first-order valence-electron chi connectivity index (χ1n) is 9.29. The Labute approximate surface area is 148 Å². The molecule has 2 aromatic rings. The maximum absolute atomic E-state index is 13.2. The van der Waals surface area contributed by atoms with Gasteiger partial charge in [0.25, 0.3) is 11.5 Å². The number of hydrogen-bond donors (Lipinski definition) is 0. The van der Waals surface area contributed by atoms with E-state index in [0.717, 1.165) is 12.8 Å². The largest absolute Gasteiger partial charge is 0.337 e. The predicted molar refractivity (Wildman–Crippen MR) is 100.0 cm³/mol. The Hall–Kier alpha value is -2.17. The van der Waals surface area contributed by atoms with E-state index in [2.05, 4.69) is 5.10 Å². The molecule has 0 spiro atoms. The highest BCUT2D eigenvalue weighted by Gasteiger charge is 2.26. The Morgan fingerprint density at radius 3 is 2.32 bits per heavy atom. The van der Waals surface area contributed by atoms with Crippen molar-refractivity contribution < 1.29 is 4.79 Å². The number of aromatic nitrogens is 2.